The van der Waals surface area contributed by atoms with E-state index in [1.807, 2.05) is 23.9 Å². The van der Waals surface area contributed by atoms with Crippen molar-refractivity contribution >= 4 is 39.3 Å². The normalized spacial score (nSPS) is 19.5. The Labute approximate surface area is 230 Å². The zero-order valence-corrected chi connectivity index (χ0v) is 22.7. The van der Waals surface area contributed by atoms with Gasteiger partial charge in [0.15, 0.2) is 5.82 Å². The van der Waals surface area contributed by atoms with Crippen molar-refractivity contribution in [2.24, 2.45) is 0 Å². The van der Waals surface area contributed by atoms with Gasteiger partial charge in [-0.05, 0) is 62.4 Å². The SMILES string of the molecule is Fc1c(-c2cccc3cccc(F)c23)ncc2c(N3CCCSCC3)nc(OCC34CCCN3CCC4)nc12. The minimum atomic E-state index is -0.581. The summed E-state index contributed by atoms with van der Waals surface area (Å²) in [6.45, 7) is 4.34. The van der Waals surface area contributed by atoms with Crippen molar-refractivity contribution in [3.05, 3.63) is 54.2 Å². The number of rotatable bonds is 5. The molecule has 0 saturated carbocycles. The number of hydrogen-bond donors (Lipinski definition) is 0. The molecule has 7 rings (SSSR count). The summed E-state index contributed by atoms with van der Waals surface area (Å²) in [6, 6.07) is 10.4. The maximum atomic E-state index is 16.4. The average molecular weight is 548 g/mol. The molecule has 3 aliphatic rings. The second-order valence-corrected chi connectivity index (χ2v) is 12.0. The number of benzene rings is 2. The van der Waals surface area contributed by atoms with E-state index in [2.05, 4.69) is 19.8 Å². The number of thioether (sulfide) groups is 1. The van der Waals surface area contributed by atoms with Gasteiger partial charge < -0.3 is 9.64 Å². The van der Waals surface area contributed by atoms with Gasteiger partial charge in [0.2, 0.25) is 0 Å². The third-order valence-electron chi connectivity index (χ3n) is 8.56. The van der Waals surface area contributed by atoms with Gasteiger partial charge in [0.25, 0.3) is 0 Å². The lowest BCUT2D eigenvalue weighted by Crippen LogP contribution is -2.43. The Morgan fingerprint density at radius 2 is 1.74 bits per heavy atom. The summed E-state index contributed by atoms with van der Waals surface area (Å²) in [4.78, 5) is 18.7. The fourth-order valence-electron chi connectivity index (χ4n) is 6.63. The summed E-state index contributed by atoms with van der Waals surface area (Å²) in [5.74, 6) is 1.73. The molecule has 0 aliphatic carbocycles. The minimum Gasteiger partial charge on any atom is -0.461 e. The summed E-state index contributed by atoms with van der Waals surface area (Å²) >= 11 is 1.92. The van der Waals surface area contributed by atoms with E-state index in [9.17, 15) is 4.39 Å². The van der Waals surface area contributed by atoms with Crippen molar-refractivity contribution in [3.8, 4) is 17.3 Å². The first-order chi connectivity index (χ1) is 19.1. The van der Waals surface area contributed by atoms with Crippen molar-refractivity contribution in [2.45, 2.75) is 37.6 Å². The number of fused-ring (bicyclic) bond motifs is 3. The summed E-state index contributed by atoms with van der Waals surface area (Å²) in [6.07, 6.45) is 7.21. The highest BCUT2D eigenvalue weighted by molar-refractivity contribution is 7.99. The zero-order valence-electron chi connectivity index (χ0n) is 21.8. The molecule has 2 aromatic carbocycles. The predicted molar refractivity (Wildman–Crippen MR) is 153 cm³/mol. The van der Waals surface area contributed by atoms with Gasteiger partial charge in [-0.2, -0.15) is 21.7 Å². The standard InChI is InChI=1S/C30H31F2N5OS/c31-23-9-2-7-20-6-1-8-21(24(20)23)26-25(32)27-22(18-33-26)28(36-12-5-16-39-17-15-36)35-29(34-27)38-19-30-10-3-13-37(30)14-4-11-30/h1-2,6-9,18H,3-5,10-17,19H2. The lowest BCUT2D eigenvalue weighted by Gasteiger charge is -2.31. The Kier molecular flexibility index (Phi) is 6.51. The van der Waals surface area contributed by atoms with Gasteiger partial charge in [-0.1, -0.05) is 30.3 Å². The summed E-state index contributed by atoms with van der Waals surface area (Å²) < 4.78 is 37.7. The molecule has 3 saturated heterocycles. The number of ether oxygens (including phenoxy) is 1. The summed E-state index contributed by atoms with van der Waals surface area (Å²) in [7, 11) is 0. The molecule has 0 bridgehead atoms. The second kappa shape index (κ2) is 10.2. The molecule has 6 nitrogen and oxygen atoms in total. The molecule has 5 heterocycles. The van der Waals surface area contributed by atoms with Crippen LogP contribution < -0.4 is 9.64 Å². The second-order valence-electron chi connectivity index (χ2n) is 10.8. The van der Waals surface area contributed by atoms with Crippen LogP contribution in [0, 0.1) is 11.6 Å². The van der Waals surface area contributed by atoms with Crippen LogP contribution in [0.3, 0.4) is 0 Å². The fourth-order valence-corrected chi connectivity index (χ4v) is 7.51. The molecule has 0 atom stereocenters. The fraction of sp³-hybridized carbons (Fsp3) is 0.433. The Hall–Kier alpha value is -3.04. The quantitative estimate of drug-likeness (QED) is 0.300. The van der Waals surface area contributed by atoms with Gasteiger partial charge in [-0.25, -0.2) is 8.78 Å². The molecule has 0 amide bonds. The number of aromatic nitrogens is 3. The first kappa shape index (κ1) is 25.0. The largest absolute Gasteiger partial charge is 0.461 e. The maximum Gasteiger partial charge on any atom is 0.319 e. The lowest BCUT2D eigenvalue weighted by molar-refractivity contribution is 0.108. The van der Waals surface area contributed by atoms with Crippen LogP contribution in [0.1, 0.15) is 32.1 Å². The maximum absolute atomic E-state index is 16.4. The van der Waals surface area contributed by atoms with Crippen LogP contribution in [0.15, 0.2) is 42.6 Å². The molecule has 0 unspecified atom stereocenters. The van der Waals surface area contributed by atoms with Gasteiger partial charge in [0.05, 0.1) is 10.9 Å². The van der Waals surface area contributed by atoms with E-state index in [0.717, 1.165) is 56.9 Å². The van der Waals surface area contributed by atoms with Gasteiger partial charge in [-0.3, -0.25) is 9.88 Å². The number of hydrogen-bond acceptors (Lipinski definition) is 7. The molecule has 9 heteroatoms. The molecular weight excluding hydrogens is 516 g/mol. The third-order valence-corrected chi connectivity index (χ3v) is 9.60. The van der Waals surface area contributed by atoms with Crippen molar-refractivity contribution < 1.29 is 13.5 Å². The molecule has 4 aromatic rings. The lowest BCUT2D eigenvalue weighted by atomic mass is 9.95. The monoisotopic (exact) mass is 547 g/mol. The first-order valence-electron chi connectivity index (χ1n) is 13.9. The van der Waals surface area contributed by atoms with E-state index >= 15 is 4.39 Å². The molecule has 0 radical (unpaired) electrons. The molecule has 39 heavy (non-hydrogen) atoms. The number of anilines is 1. The molecule has 2 aromatic heterocycles. The van der Waals surface area contributed by atoms with E-state index in [1.165, 1.54) is 18.9 Å². The highest BCUT2D eigenvalue weighted by Gasteiger charge is 2.45. The predicted octanol–water partition coefficient (Wildman–Crippen LogP) is 6.07. The smallest absolute Gasteiger partial charge is 0.319 e. The van der Waals surface area contributed by atoms with Crippen LogP contribution in [0.5, 0.6) is 6.01 Å². The minimum absolute atomic E-state index is 0.0279. The van der Waals surface area contributed by atoms with E-state index in [1.54, 1.807) is 24.4 Å². The average Bonchev–Trinajstić information content (AvgIpc) is 3.41. The van der Waals surface area contributed by atoms with Crippen LogP contribution in [0.4, 0.5) is 14.6 Å². The van der Waals surface area contributed by atoms with Crippen LogP contribution in [-0.2, 0) is 0 Å². The Balaban J connectivity index is 1.35. The van der Waals surface area contributed by atoms with Crippen LogP contribution in [-0.4, -0.2) is 69.7 Å². The van der Waals surface area contributed by atoms with Crippen LogP contribution >= 0.6 is 11.8 Å². The highest BCUT2D eigenvalue weighted by atomic mass is 32.2. The highest BCUT2D eigenvalue weighted by Crippen LogP contribution is 2.40. The van der Waals surface area contributed by atoms with Crippen LogP contribution in [0.2, 0.25) is 0 Å². The van der Waals surface area contributed by atoms with Crippen molar-refractivity contribution in [1.29, 1.82) is 0 Å². The van der Waals surface area contributed by atoms with E-state index in [0.29, 0.717) is 34.1 Å². The number of nitrogens with zero attached hydrogens (tertiary/aromatic N) is 5. The van der Waals surface area contributed by atoms with Gasteiger partial charge >= 0.3 is 6.01 Å². The Morgan fingerprint density at radius 3 is 2.59 bits per heavy atom. The molecule has 3 fully saturated rings. The molecule has 202 valence electrons. The van der Waals surface area contributed by atoms with E-state index in [4.69, 9.17) is 9.72 Å². The van der Waals surface area contributed by atoms with Gasteiger partial charge in [-0.15, -0.1) is 0 Å². The summed E-state index contributed by atoms with van der Waals surface area (Å²) in [5, 5.41) is 1.60. The van der Waals surface area contributed by atoms with Crippen LogP contribution in [0.25, 0.3) is 32.9 Å². The Bertz CT molecular complexity index is 1530. The number of pyridine rings is 1. The molecular formula is C30H31F2N5OS. The molecule has 3 aliphatic heterocycles. The van der Waals surface area contributed by atoms with Gasteiger partial charge in [0, 0.05) is 36.0 Å². The molecule has 0 N–H and O–H groups in total. The molecule has 0 spiro atoms. The van der Waals surface area contributed by atoms with Crippen molar-refractivity contribution in [2.75, 3.05) is 49.2 Å². The van der Waals surface area contributed by atoms with Crippen molar-refractivity contribution in [3.63, 3.8) is 0 Å². The topological polar surface area (TPSA) is 54.4 Å². The first-order valence-corrected chi connectivity index (χ1v) is 15.0. The summed E-state index contributed by atoms with van der Waals surface area (Å²) in [5.41, 5.74) is 0.680. The van der Waals surface area contributed by atoms with E-state index in [-0.39, 0.29) is 22.8 Å². The Morgan fingerprint density at radius 1 is 0.923 bits per heavy atom. The third kappa shape index (κ3) is 4.39. The van der Waals surface area contributed by atoms with Gasteiger partial charge in [0.1, 0.15) is 29.5 Å². The van der Waals surface area contributed by atoms with E-state index < -0.39 is 11.6 Å². The number of halogens is 2. The van der Waals surface area contributed by atoms with Crippen molar-refractivity contribution in [1.82, 2.24) is 19.9 Å². The zero-order chi connectivity index (χ0) is 26.4.